The molecule has 3 unspecified atom stereocenters. The Bertz CT molecular complexity index is 866. The fourth-order valence-electron chi connectivity index (χ4n) is 4.28. The molecule has 0 rings (SSSR count). The van der Waals surface area contributed by atoms with Crippen molar-refractivity contribution in [1.29, 1.82) is 0 Å². The van der Waals surface area contributed by atoms with Crippen LogP contribution in [0.5, 0.6) is 0 Å². The van der Waals surface area contributed by atoms with Crippen molar-refractivity contribution in [2.75, 3.05) is 40.9 Å². The van der Waals surface area contributed by atoms with E-state index >= 15 is 0 Å². The molecule has 0 spiro atoms. The van der Waals surface area contributed by atoms with Crippen LogP contribution in [0.2, 0.25) is 0 Å². The molecule has 0 saturated carbocycles. The maximum Gasteiger partial charge on any atom is 0.268 e. The van der Waals surface area contributed by atoms with Crippen LogP contribution in [0.25, 0.3) is 0 Å². The number of phosphoric acid groups is 1. The normalized spacial score (nSPS) is 15.5. The van der Waals surface area contributed by atoms with Gasteiger partial charge in [-0.1, -0.05) is 107 Å². The van der Waals surface area contributed by atoms with Gasteiger partial charge in [0.25, 0.3) is 7.82 Å². The summed E-state index contributed by atoms with van der Waals surface area (Å²) in [4.78, 5) is 25.0. The number of unbranched alkanes of at least 4 members (excludes halogenated alkanes) is 10. The Balaban J connectivity index is 4.67. The molecule has 0 heterocycles. The molecule has 0 aromatic heterocycles. The van der Waals surface area contributed by atoms with Crippen LogP contribution in [0.4, 0.5) is 0 Å². The van der Waals surface area contributed by atoms with Crippen molar-refractivity contribution in [2.24, 2.45) is 0 Å². The number of aliphatic hydroxyl groups excluding tert-OH is 1. The van der Waals surface area contributed by atoms with Gasteiger partial charge >= 0.3 is 0 Å². The van der Waals surface area contributed by atoms with E-state index in [2.05, 4.69) is 55.6 Å². The minimum atomic E-state index is -4.58. The smallest absolute Gasteiger partial charge is 0.268 e. The van der Waals surface area contributed by atoms with Gasteiger partial charge in [-0.2, -0.15) is 0 Å². The number of allylic oxidation sites excluding steroid dienone is 7. The quantitative estimate of drug-likeness (QED) is 0.0378. The van der Waals surface area contributed by atoms with E-state index in [9.17, 15) is 19.4 Å². The highest BCUT2D eigenvalue weighted by Gasteiger charge is 2.23. The summed E-state index contributed by atoms with van der Waals surface area (Å²) in [6, 6.07) is -0.898. The van der Waals surface area contributed by atoms with Crippen molar-refractivity contribution in [3.05, 3.63) is 48.6 Å². The highest BCUT2D eigenvalue weighted by Crippen LogP contribution is 2.38. The largest absolute Gasteiger partial charge is 0.756 e. The first-order chi connectivity index (χ1) is 21.0. The molecule has 0 bridgehead atoms. The second-order valence-electron chi connectivity index (χ2n) is 12.5. The lowest BCUT2D eigenvalue weighted by Crippen LogP contribution is -2.45. The highest BCUT2D eigenvalue weighted by atomic mass is 31.2. The van der Waals surface area contributed by atoms with Crippen molar-refractivity contribution >= 4 is 13.7 Å². The molecule has 0 radical (unpaired) electrons. The number of hydrogen-bond acceptors (Lipinski definition) is 6. The van der Waals surface area contributed by atoms with Crippen molar-refractivity contribution in [1.82, 2.24) is 5.32 Å². The molecule has 0 aromatic rings. The van der Waals surface area contributed by atoms with Crippen LogP contribution < -0.4 is 10.2 Å². The second-order valence-corrected chi connectivity index (χ2v) is 13.9. The van der Waals surface area contributed by atoms with Gasteiger partial charge in [0.1, 0.15) is 13.2 Å². The van der Waals surface area contributed by atoms with Crippen molar-refractivity contribution in [3.8, 4) is 0 Å². The SMILES string of the molecule is CC/C=C\C/C=C\C/C=C\CCCCCC(=O)NC(COP(=O)([O-])OCC[N+](C)(C)C)C(O)/C=C/CCCCCCCCC. The van der Waals surface area contributed by atoms with Crippen LogP contribution in [0.1, 0.15) is 117 Å². The van der Waals surface area contributed by atoms with Crippen LogP contribution >= 0.6 is 7.82 Å². The first-order valence-electron chi connectivity index (χ1n) is 17.0. The molecule has 44 heavy (non-hydrogen) atoms. The first-order valence-corrected chi connectivity index (χ1v) is 18.5. The zero-order chi connectivity index (χ0) is 32.9. The van der Waals surface area contributed by atoms with Gasteiger partial charge in [0.05, 0.1) is 39.9 Å². The van der Waals surface area contributed by atoms with E-state index in [0.717, 1.165) is 64.2 Å². The Labute approximate surface area is 269 Å². The summed E-state index contributed by atoms with van der Waals surface area (Å²) in [5.41, 5.74) is 0. The maximum atomic E-state index is 12.7. The molecular formula is C35H65N2O6P. The number of quaternary nitrogens is 1. The van der Waals surface area contributed by atoms with E-state index in [-0.39, 0.29) is 12.5 Å². The predicted molar refractivity (Wildman–Crippen MR) is 182 cm³/mol. The van der Waals surface area contributed by atoms with Gasteiger partial charge < -0.3 is 28.8 Å². The lowest BCUT2D eigenvalue weighted by molar-refractivity contribution is -0.870. The molecular weight excluding hydrogens is 575 g/mol. The molecule has 0 aromatic carbocycles. The summed E-state index contributed by atoms with van der Waals surface area (Å²) in [7, 11) is 1.23. The molecule has 0 fully saturated rings. The molecule has 0 aliphatic heterocycles. The number of rotatable bonds is 29. The fraction of sp³-hybridized carbons (Fsp3) is 0.743. The Morgan fingerprint density at radius 2 is 1.39 bits per heavy atom. The molecule has 9 heteroatoms. The number of aliphatic hydroxyl groups is 1. The molecule has 2 N–H and O–H groups in total. The molecule has 0 saturated heterocycles. The number of nitrogens with one attached hydrogen (secondary N) is 1. The Morgan fingerprint density at radius 3 is 2.02 bits per heavy atom. The number of carbonyl (C=O) groups excluding carboxylic acids is 1. The number of likely N-dealkylation sites (N-methyl/N-ethyl adjacent to an activating group) is 1. The van der Waals surface area contributed by atoms with Crippen LogP contribution in [-0.4, -0.2) is 68.5 Å². The van der Waals surface area contributed by atoms with Crippen LogP contribution in [0.15, 0.2) is 48.6 Å². The monoisotopic (exact) mass is 640 g/mol. The standard InChI is InChI=1S/C35H65N2O6P/c1-6-8-10-12-14-16-17-18-19-21-23-25-27-29-35(39)36-33(32-43-44(40,41)42-31-30-37(3,4)5)34(38)28-26-24-22-20-15-13-11-9-7-2/h8,10,14,16,18-19,26,28,33-34,38H,6-7,9,11-13,15,17,20-25,27,29-32H2,1-5H3,(H-,36,39,40,41)/b10-8-,16-14-,19-18-,28-26+. The zero-order valence-corrected chi connectivity index (χ0v) is 29.5. The summed E-state index contributed by atoms with van der Waals surface area (Å²) in [5, 5.41) is 13.6. The summed E-state index contributed by atoms with van der Waals surface area (Å²) in [6.07, 6.45) is 31.6. The van der Waals surface area contributed by atoms with E-state index in [1.54, 1.807) is 6.08 Å². The van der Waals surface area contributed by atoms with Crippen LogP contribution in [0, 0.1) is 0 Å². The molecule has 0 aliphatic carbocycles. The lowest BCUT2D eigenvalue weighted by Gasteiger charge is -2.29. The third-order valence-electron chi connectivity index (χ3n) is 7.04. The van der Waals surface area contributed by atoms with E-state index in [4.69, 9.17) is 9.05 Å². The lowest BCUT2D eigenvalue weighted by atomic mass is 10.1. The van der Waals surface area contributed by atoms with Gasteiger partial charge in [0, 0.05) is 6.42 Å². The zero-order valence-electron chi connectivity index (χ0n) is 28.6. The summed E-state index contributed by atoms with van der Waals surface area (Å²) < 4.78 is 22.9. The van der Waals surface area contributed by atoms with E-state index in [0.29, 0.717) is 17.4 Å². The maximum absolute atomic E-state index is 12.7. The third kappa shape index (κ3) is 29.2. The van der Waals surface area contributed by atoms with Gasteiger partial charge in [-0.05, 0) is 51.4 Å². The minimum absolute atomic E-state index is 0.00919. The fourth-order valence-corrected chi connectivity index (χ4v) is 5.00. The predicted octanol–water partition coefficient (Wildman–Crippen LogP) is 7.55. The molecule has 3 atom stereocenters. The molecule has 1 amide bonds. The highest BCUT2D eigenvalue weighted by molar-refractivity contribution is 7.45. The summed E-state index contributed by atoms with van der Waals surface area (Å²) >= 11 is 0. The van der Waals surface area contributed by atoms with Gasteiger partial charge in [-0.25, -0.2) is 0 Å². The van der Waals surface area contributed by atoms with Gasteiger partial charge in [0.15, 0.2) is 0 Å². The number of phosphoric ester groups is 1. The van der Waals surface area contributed by atoms with Crippen molar-refractivity contribution in [3.63, 3.8) is 0 Å². The first kappa shape index (κ1) is 42.5. The number of carbonyl (C=O) groups is 1. The average Bonchev–Trinajstić information content (AvgIpc) is 2.95. The molecule has 256 valence electrons. The summed E-state index contributed by atoms with van der Waals surface area (Å²) in [5.74, 6) is -0.234. The number of nitrogens with zero attached hydrogens (tertiary/aromatic N) is 1. The van der Waals surface area contributed by atoms with Crippen LogP contribution in [0.3, 0.4) is 0 Å². The summed E-state index contributed by atoms with van der Waals surface area (Å²) in [6.45, 7) is 4.42. The molecule has 8 nitrogen and oxygen atoms in total. The number of hydrogen-bond donors (Lipinski definition) is 2. The van der Waals surface area contributed by atoms with Gasteiger partial charge in [-0.3, -0.25) is 9.36 Å². The van der Waals surface area contributed by atoms with Gasteiger partial charge in [0.2, 0.25) is 5.91 Å². The Kier molecular flexibility index (Phi) is 26.8. The topological polar surface area (TPSA) is 108 Å². The second kappa shape index (κ2) is 27.7. The third-order valence-corrected chi connectivity index (χ3v) is 8.01. The minimum Gasteiger partial charge on any atom is -0.756 e. The van der Waals surface area contributed by atoms with Crippen LogP contribution in [-0.2, 0) is 18.4 Å². The van der Waals surface area contributed by atoms with Crippen molar-refractivity contribution in [2.45, 2.75) is 129 Å². The Hall–Kier alpha value is -1.54. The van der Waals surface area contributed by atoms with Crippen molar-refractivity contribution < 1.29 is 32.9 Å². The van der Waals surface area contributed by atoms with Gasteiger partial charge in [-0.15, -0.1) is 0 Å². The Morgan fingerprint density at radius 1 is 0.818 bits per heavy atom. The van der Waals surface area contributed by atoms with E-state index in [1.807, 2.05) is 27.2 Å². The van der Waals surface area contributed by atoms with E-state index < -0.39 is 26.6 Å². The molecule has 0 aliphatic rings. The number of amides is 1. The van der Waals surface area contributed by atoms with E-state index in [1.165, 1.54) is 32.1 Å². The average molecular weight is 641 g/mol.